The molecular weight excluding hydrogens is 298 g/mol. The molecule has 0 atom stereocenters. The van der Waals surface area contributed by atoms with Gasteiger partial charge in [-0.25, -0.2) is 0 Å². The maximum Gasteiger partial charge on any atom is 0.265 e. The van der Waals surface area contributed by atoms with Gasteiger partial charge in [0.15, 0.2) is 0 Å². The van der Waals surface area contributed by atoms with Gasteiger partial charge in [0.25, 0.3) is 10.1 Å². The molecule has 134 valence electrons. The molecular formula is C17H38NO3S+. The molecule has 0 aliphatic rings. The van der Waals surface area contributed by atoms with Crippen molar-refractivity contribution >= 4 is 10.1 Å². The van der Waals surface area contributed by atoms with Gasteiger partial charge in [0.05, 0.1) is 35.6 Å². The molecule has 0 unspecified atom stereocenters. The third kappa shape index (κ3) is 16.2. The lowest BCUT2D eigenvalue weighted by Gasteiger charge is -2.29. The molecule has 5 heteroatoms. The van der Waals surface area contributed by atoms with Crippen LogP contribution < -0.4 is 0 Å². The van der Waals surface area contributed by atoms with Gasteiger partial charge in [-0.1, -0.05) is 57.8 Å². The van der Waals surface area contributed by atoms with E-state index in [1.165, 1.54) is 0 Å². The molecule has 0 aromatic carbocycles. The number of hydrogen-bond donors (Lipinski definition) is 1. The summed E-state index contributed by atoms with van der Waals surface area (Å²) in [6.45, 7) is -8.35. The Morgan fingerprint density at radius 2 is 1.45 bits per heavy atom. The highest BCUT2D eigenvalue weighted by molar-refractivity contribution is 7.85. The van der Waals surface area contributed by atoms with Crippen molar-refractivity contribution < 1.29 is 51.7 Å². The molecule has 0 saturated carbocycles. The number of quaternary nitrogens is 1. The first-order chi connectivity index (χ1) is 19.7. The second kappa shape index (κ2) is 12.3. The van der Waals surface area contributed by atoms with E-state index < -0.39 is 110 Å². The predicted octanol–water partition coefficient (Wildman–Crippen LogP) is 4.26. The average molecular weight is 362 g/mol. The summed E-state index contributed by atoms with van der Waals surface area (Å²) in [7, 11) is -2.81. The Balaban J connectivity index is 7.31. The fourth-order valence-electron chi connectivity index (χ4n) is 1.13. The van der Waals surface area contributed by atoms with E-state index in [1.54, 1.807) is 0 Å². The molecule has 0 amide bonds. The smallest absolute Gasteiger partial charge is 0.265 e. The van der Waals surface area contributed by atoms with Gasteiger partial charge in [0.2, 0.25) is 0 Å². The van der Waals surface area contributed by atoms with Crippen LogP contribution in [0.3, 0.4) is 0 Å². The van der Waals surface area contributed by atoms with Crippen molar-refractivity contribution in [2.45, 2.75) is 77.0 Å². The van der Waals surface area contributed by atoms with Gasteiger partial charge in [-0.15, -0.1) is 0 Å². The minimum absolute atomic E-state index is 0.550. The molecule has 0 rings (SSSR count). The van der Waals surface area contributed by atoms with Crippen molar-refractivity contribution in [3.05, 3.63) is 0 Å². The largest absolute Gasteiger partial charge is 0.328 e. The highest BCUT2D eigenvalue weighted by atomic mass is 32.2. The van der Waals surface area contributed by atoms with Crippen LogP contribution in [0.15, 0.2) is 0 Å². The molecule has 0 spiro atoms. The molecule has 0 heterocycles. The lowest BCUT2D eigenvalue weighted by molar-refractivity contribution is -0.890. The van der Waals surface area contributed by atoms with Crippen molar-refractivity contribution in [1.82, 2.24) is 0 Å². The first-order valence-corrected chi connectivity index (χ1v) is 7.60. The molecule has 0 saturated heterocycles. The average Bonchev–Trinajstić information content (AvgIpc) is 2.80. The van der Waals surface area contributed by atoms with Gasteiger partial charge >= 0.3 is 0 Å². The van der Waals surface area contributed by atoms with Gasteiger partial charge in [-0.3, -0.25) is 4.55 Å². The van der Waals surface area contributed by atoms with Gasteiger partial charge in [-0.05, 0) is 12.7 Å². The molecule has 0 bridgehead atoms. The van der Waals surface area contributed by atoms with E-state index in [1.807, 2.05) is 0 Å². The topological polar surface area (TPSA) is 54.4 Å². The summed E-state index contributed by atoms with van der Waals surface area (Å²) < 4.78 is 230. The first kappa shape index (κ1) is 4.53. The number of nitrogens with zero attached hydrogens (tertiary/aromatic N) is 1. The molecule has 0 aliphatic carbocycles. The van der Waals surface area contributed by atoms with Crippen LogP contribution in [0, 0.1) is 0 Å². The van der Waals surface area contributed by atoms with Crippen LogP contribution >= 0.6 is 0 Å². The first-order valence-electron chi connectivity index (χ1n) is 18.5. The summed E-state index contributed by atoms with van der Waals surface area (Å²) >= 11 is 0. The van der Waals surface area contributed by atoms with E-state index >= 15 is 0 Å². The van der Waals surface area contributed by atoms with E-state index in [0.29, 0.717) is 0 Å². The number of rotatable bonds is 15. The summed E-state index contributed by atoms with van der Waals surface area (Å²) in [6.07, 6.45) is -47.1. The molecule has 0 aromatic heterocycles. The Kier molecular flexibility index (Phi) is 2.53. The molecule has 0 radical (unpaired) electrons. The van der Waals surface area contributed by atoms with Crippen molar-refractivity contribution in [2.75, 3.05) is 32.9 Å². The van der Waals surface area contributed by atoms with E-state index in [9.17, 15) is 8.42 Å². The van der Waals surface area contributed by atoms with Crippen LogP contribution in [0.25, 0.3) is 0 Å². The summed E-state index contributed by atoms with van der Waals surface area (Å²) in [5, 5.41) is 0. The normalized spacial score (nSPS) is 37.3. The fraction of sp³-hybridized carbons (Fsp3) is 1.00. The minimum Gasteiger partial charge on any atom is -0.328 e. The predicted molar refractivity (Wildman–Crippen MR) is 94.7 cm³/mol. The standard InChI is InChI=1S/C17H37NO3S/c1-4-5-6-7-8-9-10-11-12-13-15-18(2,3)16-14-17-22(19,20)21/h4-17H2,1-3H3/p+1/i1D3,4D2,5D2,6D2,7D2,8D2,9D2,10D2,11D2,12D2,13D2,15D2. The molecule has 0 fully saturated rings. The Morgan fingerprint density at radius 3 is 1.95 bits per heavy atom. The second-order valence-electron chi connectivity index (χ2n) is 4.41. The van der Waals surface area contributed by atoms with Gasteiger partial charge < -0.3 is 4.48 Å². The van der Waals surface area contributed by atoms with Crippen LogP contribution in [0.5, 0.6) is 0 Å². The van der Waals surface area contributed by atoms with Crippen LogP contribution in [0.2, 0.25) is 0 Å². The maximum atomic E-state index is 11.1. The van der Waals surface area contributed by atoms with Crippen molar-refractivity contribution in [3.63, 3.8) is 0 Å². The highest BCUT2D eigenvalue weighted by Crippen LogP contribution is 2.12. The maximum absolute atomic E-state index is 11.1. The zero-order valence-corrected chi connectivity index (χ0v) is 13.1. The van der Waals surface area contributed by atoms with Crippen LogP contribution in [-0.4, -0.2) is 50.3 Å². The third-order valence-corrected chi connectivity index (χ3v) is 2.85. The monoisotopic (exact) mass is 361 g/mol. The van der Waals surface area contributed by atoms with E-state index in [2.05, 4.69) is 0 Å². The van der Waals surface area contributed by atoms with Gasteiger partial charge in [0, 0.05) is 37.9 Å². The zero-order chi connectivity index (χ0) is 39.1. The van der Waals surface area contributed by atoms with E-state index in [0.717, 1.165) is 14.1 Å². The van der Waals surface area contributed by atoms with Crippen molar-refractivity contribution in [1.29, 1.82) is 0 Å². The summed E-state index contributed by atoms with van der Waals surface area (Å²) in [5.74, 6) is -0.958. The van der Waals surface area contributed by atoms with Crippen LogP contribution in [0.1, 0.15) is 111 Å². The summed E-state index contributed by atoms with van der Waals surface area (Å²) in [5.41, 5.74) is 0. The minimum atomic E-state index is -4.88. The molecule has 1 N–H and O–H groups in total. The van der Waals surface area contributed by atoms with Gasteiger partial charge in [-0.2, -0.15) is 8.42 Å². The fourth-order valence-corrected chi connectivity index (χ4v) is 1.62. The van der Waals surface area contributed by atoms with Crippen molar-refractivity contribution in [2.24, 2.45) is 0 Å². The second-order valence-corrected chi connectivity index (χ2v) is 5.98. The molecule has 0 aliphatic heterocycles. The van der Waals surface area contributed by atoms with Crippen LogP contribution in [0.4, 0.5) is 0 Å². The quantitative estimate of drug-likeness (QED) is 0.350. The Morgan fingerprint density at radius 1 is 0.955 bits per heavy atom. The van der Waals surface area contributed by atoms with E-state index in [-0.39, 0.29) is 0 Å². The van der Waals surface area contributed by atoms with Gasteiger partial charge in [0.1, 0.15) is 0 Å². The summed E-state index contributed by atoms with van der Waals surface area (Å²) in [6, 6.07) is 0. The molecule has 0 aromatic rings. The lowest BCUT2D eigenvalue weighted by Crippen LogP contribution is -2.41. The number of hydrogen-bond acceptors (Lipinski definition) is 2. The lowest BCUT2D eigenvalue weighted by atomic mass is 10.1. The third-order valence-electron chi connectivity index (χ3n) is 2.04. The highest BCUT2D eigenvalue weighted by Gasteiger charge is 2.15. The SMILES string of the molecule is [2H]C([2H])([2H])C([2H])([2H])C([2H])([2H])C([2H])([2H])C([2H])([2H])C([2H])([2H])C([2H])([2H])C([2H])([2H])C([2H])([2H])C([2H])([2H])C([2H])([2H])C([2H])([2H])[N+](C)(C)CCCS(=O)(=O)O. The molecule has 4 nitrogen and oxygen atoms in total. The van der Waals surface area contributed by atoms with Crippen LogP contribution in [-0.2, 0) is 10.1 Å². The summed E-state index contributed by atoms with van der Waals surface area (Å²) in [4.78, 5) is 0. The Bertz CT molecular complexity index is 1250. The Labute approximate surface area is 173 Å². The zero-order valence-electron chi connectivity index (χ0n) is 37.2. The molecule has 22 heavy (non-hydrogen) atoms. The Hall–Kier alpha value is -0.130. The van der Waals surface area contributed by atoms with E-state index in [4.69, 9.17) is 38.8 Å². The van der Waals surface area contributed by atoms with Crippen molar-refractivity contribution in [3.8, 4) is 0 Å².